The Morgan fingerprint density at radius 2 is 1.81 bits per heavy atom. The number of hydrogen-bond acceptors (Lipinski definition) is 4. The zero-order chi connectivity index (χ0) is 19.2. The van der Waals surface area contributed by atoms with Crippen LogP contribution in [0.4, 0.5) is 11.4 Å². The summed E-state index contributed by atoms with van der Waals surface area (Å²) in [5.41, 5.74) is 2.02. The first kappa shape index (κ1) is 18.9. The van der Waals surface area contributed by atoms with E-state index in [9.17, 15) is 9.59 Å². The SMILES string of the molecule is COc1cccc(C(=O)Nc2ccc(N(C(C)=O)C3CCOCC3)cc2)c1. The molecule has 6 nitrogen and oxygen atoms in total. The van der Waals surface area contributed by atoms with Crippen molar-refractivity contribution in [2.75, 3.05) is 30.5 Å². The van der Waals surface area contributed by atoms with E-state index >= 15 is 0 Å². The second-order valence-electron chi connectivity index (χ2n) is 6.47. The smallest absolute Gasteiger partial charge is 0.255 e. The van der Waals surface area contributed by atoms with E-state index in [1.54, 1.807) is 38.3 Å². The molecule has 0 atom stereocenters. The highest BCUT2D eigenvalue weighted by Gasteiger charge is 2.24. The lowest BCUT2D eigenvalue weighted by Gasteiger charge is -2.33. The Kier molecular flexibility index (Phi) is 6.08. The molecule has 1 heterocycles. The zero-order valence-corrected chi connectivity index (χ0v) is 15.6. The predicted molar refractivity (Wildman–Crippen MR) is 104 cm³/mol. The van der Waals surface area contributed by atoms with Gasteiger partial charge in [0.2, 0.25) is 5.91 Å². The Morgan fingerprint density at radius 3 is 2.44 bits per heavy atom. The Bertz CT molecular complexity index is 798. The van der Waals surface area contributed by atoms with E-state index in [-0.39, 0.29) is 17.9 Å². The monoisotopic (exact) mass is 368 g/mol. The van der Waals surface area contributed by atoms with Crippen LogP contribution in [0.1, 0.15) is 30.1 Å². The van der Waals surface area contributed by atoms with Crippen LogP contribution in [-0.4, -0.2) is 38.2 Å². The van der Waals surface area contributed by atoms with Gasteiger partial charge in [0.05, 0.1) is 7.11 Å². The van der Waals surface area contributed by atoms with Crippen molar-refractivity contribution in [1.29, 1.82) is 0 Å². The lowest BCUT2D eigenvalue weighted by Crippen LogP contribution is -2.42. The number of nitrogens with zero attached hydrogens (tertiary/aromatic N) is 1. The molecule has 1 saturated heterocycles. The van der Waals surface area contributed by atoms with Gasteiger partial charge in [0.15, 0.2) is 0 Å². The summed E-state index contributed by atoms with van der Waals surface area (Å²) in [5, 5.41) is 2.87. The topological polar surface area (TPSA) is 67.9 Å². The van der Waals surface area contributed by atoms with Crippen LogP contribution in [0.15, 0.2) is 48.5 Å². The van der Waals surface area contributed by atoms with Crippen molar-refractivity contribution >= 4 is 23.2 Å². The summed E-state index contributed by atoms with van der Waals surface area (Å²) in [6.07, 6.45) is 1.65. The van der Waals surface area contributed by atoms with E-state index in [2.05, 4.69) is 5.32 Å². The number of nitrogens with one attached hydrogen (secondary N) is 1. The number of amides is 2. The molecular formula is C21H24N2O4. The number of carbonyl (C=O) groups is 2. The molecule has 2 amide bonds. The third kappa shape index (κ3) is 4.65. The predicted octanol–water partition coefficient (Wildman–Crippen LogP) is 3.48. The zero-order valence-electron chi connectivity index (χ0n) is 15.6. The molecule has 0 spiro atoms. The van der Waals surface area contributed by atoms with Crippen molar-refractivity contribution in [3.63, 3.8) is 0 Å². The Morgan fingerprint density at radius 1 is 1.11 bits per heavy atom. The molecule has 2 aromatic carbocycles. The fourth-order valence-electron chi connectivity index (χ4n) is 3.27. The number of ether oxygens (including phenoxy) is 2. The van der Waals surface area contributed by atoms with Crippen LogP contribution >= 0.6 is 0 Å². The van der Waals surface area contributed by atoms with E-state index in [0.717, 1.165) is 18.5 Å². The molecule has 2 aromatic rings. The normalized spacial score (nSPS) is 14.4. The van der Waals surface area contributed by atoms with Gasteiger partial charge in [0, 0.05) is 43.1 Å². The minimum absolute atomic E-state index is 0.00932. The quantitative estimate of drug-likeness (QED) is 0.877. The maximum absolute atomic E-state index is 12.4. The summed E-state index contributed by atoms with van der Waals surface area (Å²) in [7, 11) is 1.56. The fourth-order valence-corrected chi connectivity index (χ4v) is 3.27. The van der Waals surface area contributed by atoms with Gasteiger partial charge in [-0.25, -0.2) is 0 Å². The van der Waals surface area contributed by atoms with Gasteiger partial charge in [-0.1, -0.05) is 6.07 Å². The van der Waals surface area contributed by atoms with Crippen molar-refractivity contribution in [3.05, 3.63) is 54.1 Å². The lowest BCUT2D eigenvalue weighted by molar-refractivity contribution is -0.117. The molecule has 27 heavy (non-hydrogen) atoms. The average molecular weight is 368 g/mol. The molecule has 0 radical (unpaired) electrons. The number of methoxy groups -OCH3 is 1. The minimum atomic E-state index is -0.213. The third-order valence-electron chi connectivity index (χ3n) is 4.63. The van der Waals surface area contributed by atoms with Crippen LogP contribution in [0.3, 0.4) is 0 Å². The van der Waals surface area contributed by atoms with Gasteiger partial charge >= 0.3 is 0 Å². The van der Waals surface area contributed by atoms with Gasteiger partial charge < -0.3 is 19.7 Å². The molecule has 0 aromatic heterocycles. The van der Waals surface area contributed by atoms with Gasteiger partial charge in [-0.2, -0.15) is 0 Å². The first-order valence-electron chi connectivity index (χ1n) is 9.01. The molecule has 1 N–H and O–H groups in total. The van der Waals surface area contributed by atoms with Gasteiger partial charge in [-0.15, -0.1) is 0 Å². The van der Waals surface area contributed by atoms with Crippen molar-refractivity contribution < 1.29 is 19.1 Å². The molecule has 142 valence electrons. The molecule has 1 fully saturated rings. The van der Waals surface area contributed by atoms with Crippen LogP contribution in [0, 0.1) is 0 Å². The summed E-state index contributed by atoms with van der Waals surface area (Å²) in [4.78, 5) is 26.4. The molecule has 6 heteroatoms. The molecule has 0 aliphatic carbocycles. The van der Waals surface area contributed by atoms with Crippen molar-refractivity contribution in [1.82, 2.24) is 0 Å². The molecule has 1 aliphatic heterocycles. The standard InChI is InChI=1S/C21H24N2O4/c1-15(24)23(19-10-12-27-13-11-19)18-8-6-17(7-9-18)22-21(25)16-4-3-5-20(14-16)26-2/h3-9,14,19H,10-13H2,1-2H3,(H,22,25). The van der Waals surface area contributed by atoms with Gasteiger partial charge in [0.1, 0.15) is 5.75 Å². The van der Waals surface area contributed by atoms with Crippen LogP contribution in [0.5, 0.6) is 5.75 Å². The van der Waals surface area contributed by atoms with Crippen LogP contribution in [-0.2, 0) is 9.53 Å². The highest BCUT2D eigenvalue weighted by Crippen LogP contribution is 2.25. The maximum atomic E-state index is 12.4. The van der Waals surface area contributed by atoms with E-state index < -0.39 is 0 Å². The van der Waals surface area contributed by atoms with E-state index in [1.165, 1.54) is 0 Å². The molecule has 0 saturated carbocycles. The Labute approximate surface area is 159 Å². The summed E-state index contributed by atoms with van der Waals surface area (Å²) in [6.45, 7) is 2.92. The third-order valence-corrected chi connectivity index (χ3v) is 4.63. The Hall–Kier alpha value is -2.86. The van der Waals surface area contributed by atoms with Gasteiger partial charge in [0.25, 0.3) is 5.91 Å². The largest absolute Gasteiger partial charge is 0.497 e. The summed E-state index contributed by atoms with van der Waals surface area (Å²) in [5.74, 6) is 0.427. The van der Waals surface area contributed by atoms with Gasteiger partial charge in [-0.3, -0.25) is 9.59 Å². The summed E-state index contributed by atoms with van der Waals surface area (Å²) >= 11 is 0. The van der Waals surface area contributed by atoms with Crippen LogP contribution < -0.4 is 15.0 Å². The average Bonchev–Trinajstić information content (AvgIpc) is 2.70. The second kappa shape index (κ2) is 8.68. The minimum Gasteiger partial charge on any atom is -0.497 e. The van der Waals surface area contributed by atoms with E-state index in [1.807, 2.05) is 29.2 Å². The van der Waals surface area contributed by atoms with Crippen molar-refractivity contribution in [3.8, 4) is 5.75 Å². The molecular weight excluding hydrogens is 344 g/mol. The number of anilines is 2. The number of carbonyl (C=O) groups excluding carboxylic acids is 2. The molecule has 0 unspecified atom stereocenters. The van der Waals surface area contributed by atoms with Crippen LogP contribution in [0.25, 0.3) is 0 Å². The molecule has 3 rings (SSSR count). The first-order valence-corrected chi connectivity index (χ1v) is 9.01. The van der Waals surface area contributed by atoms with Crippen LogP contribution in [0.2, 0.25) is 0 Å². The summed E-state index contributed by atoms with van der Waals surface area (Å²) in [6, 6.07) is 14.5. The molecule has 0 bridgehead atoms. The van der Waals surface area contributed by atoms with E-state index in [0.29, 0.717) is 30.2 Å². The molecule has 1 aliphatic rings. The number of hydrogen-bond donors (Lipinski definition) is 1. The first-order chi connectivity index (χ1) is 13.1. The maximum Gasteiger partial charge on any atom is 0.255 e. The lowest BCUT2D eigenvalue weighted by atomic mass is 10.1. The van der Waals surface area contributed by atoms with Gasteiger partial charge in [-0.05, 0) is 55.3 Å². The highest BCUT2D eigenvalue weighted by molar-refractivity contribution is 6.04. The van der Waals surface area contributed by atoms with E-state index in [4.69, 9.17) is 9.47 Å². The highest BCUT2D eigenvalue weighted by atomic mass is 16.5. The van der Waals surface area contributed by atoms with Crippen molar-refractivity contribution in [2.24, 2.45) is 0 Å². The number of rotatable bonds is 5. The van der Waals surface area contributed by atoms with Crippen molar-refractivity contribution in [2.45, 2.75) is 25.8 Å². The number of benzene rings is 2. The fraction of sp³-hybridized carbons (Fsp3) is 0.333. The second-order valence-corrected chi connectivity index (χ2v) is 6.47. The Balaban J connectivity index is 1.71. The summed E-state index contributed by atoms with van der Waals surface area (Å²) < 4.78 is 10.5.